The number of hydrogen-bond acceptors (Lipinski definition) is 1. The van der Waals surface area contributed by atoms with Gasteiger partial charge in [-0.3, -0.25) is 0 Å². The smallest absolute Gasteiger partial charge is 0.00212 e. The molecule has 0 aliphatic rings. The van der Waals surface area contributed by atoms with E-state index in [-0.39, 0.29) is 0 Å². The number of rotatable bonds is 2. The van der Waals surface area contributed by atoms with Crippen LogP contribution in [0.2, 0.25) is 0 Å². The Balaban J connectivity index is 3.59. The molecule has 0 rings (SSSR count). The van der Waals surface area contributed by atoms with Gasteiger partial charge in [0.25, 0.3) is 0 Å². The maximum Gasteiger partial charge on any atom is -0.00212 e. The van der Waals surface area contributed by atoms with Gasteiger partial charge in [-0.1, -0.05) is 27.7 Å². The van der Waals surface area contributed by atoms with E-state index in [0.29, 0.717) is 5.41 Å². The van der Waals surface area contributed by atoms with E-state index in [0.717, 1.165) is 12.5 Å². The van der Waals surface area contributed by atoms with Gasteiger partial charge in [-0.05, 0) is 24.9 Å². The lowest BCUT2D eigenvalue weighted by molar-refractivity contribution is 0.257. The lowest BCUT2D eigenvalue weighted by atomic mass is 9.82. The van der Waals surface area contributed by atoms with Gasteiger partial charge in [0.15, 0.2) is 0 Å². The zero-order valence-corrected chi connectivity index (χ0v) is 7.28. The fourth-order valence-electron chi connectivity index (χ4n) is 0.612. The molecule has 0 spiro atoms. The van der Waals surface area contributed by atoms with Crippen molar-refractivity contribution in [3.8, 4) is 0 Å². The molecule has 0 aromatic heterocycles. The van der Waals surface area contributed by atoms with E-state index in [1.54, 1.807) is 0 Å². The molecule has 0 heterocycles. The van der Waals surface area contributed by atoms with Crippen molar-refractivity contribution in [1.82, 2.24) is 5.32 Å². The SMILES string of the molecule is CNC[C@@H](C)C(C)(C)C. The Morgan fingerprint density at radius 2 is 1.78 bits per heavy atom. The first-order valence-electron chi connectivity index (χ1n) is 3.63. The molecule has 9 heavy (non-hydrogen) atoms. The fraction of sp³-hybridized carbons (Fsp3) is 1.00. The van der Waals surface area contributed by atoms with Crippen LogP contribution in [0.1, 0.15) is 27.7 Å². The minimum Gasteiger partial charge on any atom is -0.319 e. The normalized spacial score (nSPS) is 15.7. The van der Waals surface area contributed by atoms with E-state index in [4.69, 9.17) is 0 Å². The lowest BCUT2D eigenvalue weighted by Crippen LogP contribution is -2.27. The molecule has 0 saturated heterocycles. The van der Waals surface area contributed by atoms with Gasteiger partial charge in [-0.25, -0.2) is 0 Å². The summed E-state index contributed by atoms with van der Waals surface area (Å²) in [5.74, 6) is 0.752. The number of hydrogen-bond donors (Lipinski definition) is 1. The largest absolute Gasteiger partial charge is 0.319 e. The molecule has 0 aromatic rings. The first-order chi connectivity index (χ1) is 3.98. The first-order valence-corrected chi connectivity index (χ1v) is 3.63. The fourth-order valence-corrected chi connectivity index (χ4v) is 0.612. The summed E-state index contributed by atoms with van der Waals surface area (Å²) >= 11 is 0. The molecule has 56 valence electrons. The molecule has 1 nitrogen and oxygen atoms in total. The number of nitrogens with one attached hydrogen (secondary N) is 1. The second kappa shape index (κ2) is 3.21. The standard InChI is InChI=1S/C8H19N/c1-7(6-9-5)8(2,3)4/h7,9H,6H2,1-5H3/t7-/m1/s1. The molecule has 1 atom stereocenters. The van der Waals surface area contributed by atoms with Crippen LogP contribution in [0.25, 0.3) is 0 Å². The van der Waals surface area contributed by atoms with Crippen molar-refractivity contribution in [2.75, 3.05) is 13.6 Å². The van der Waals surface area contributed by atoms with E-state index >= 15 is 0 Å². The predicted octanol–water partition coefficient (Wildman–Crippen LogP) is 1.89. The highest BCUT2D eigenvalue weighted by molar-refractivity contribution is 4.70. The third-order valence-corrected chi connectivity index (χ3v) is 1.99. The molecular weight excluding hydrogens is 110 g/mol. The molecule has 0 amide bonds. The summed E-state index contributed by atoms with van der Waals surface area (Å²) in [4.78, 5) is 0. The summed E-state index contributed by atoms with van der Waals surface area (Å²) in [6.07, 6.45) is 0. The van der Waals surface area contributed by atoms with Crippen molar-refractivity contribution in [2.24, 2.45) is 11.3 Å². The topological polar surface area (TPSA) is 12.0 Å². The van der Waals surface area contributed by atoms with Gasteiger partial charge in [0, 0.05) is 0 Å². The third-order valence-electron chi connectivity index (χ3n) is 1.99. The van der Waals surface area contributed by atoms with Crippen LogP contribution in [0.4, 0.5) is 0 Å². The molecule has 1 N–H and O–H groups in total. The quantitative estimate of drug-likeness (QED) is 0.600. The van der Waals surface area contributed by atoms with Gasteiger partial charge in [-0.15, -0.1) is 0 Å². The van der Waals surface area contributed by atoms with E-state index in [1.807, 2.05) is 7.05 Å². The van der Waals surface area contributed by atoms with Crippen LogP contribution in [0.5, 0.6) is 0 Å². The second-order valence-corrected chi connectivity index (χ2v) is 3.82. The van der Waals surface area contributed by atoms with Gasteiger partial charge < -0.3 is 5.32 Å². The Hall–Kier alpha value is -0.0400. The summed E-state index contributed by atoms with van der Waals surface area (Å²) in [6, 6.07) is 0. The highest BCUT2D eigenvalue weighted by Gasteiger charge is 2.18. The average molecular weight is 129 g/mol. The zero-order valence-electron chi connectivity index (χ0n) is 7.28. The minimum atomic E-state index is 0.447. The highest BCUT2D eigenvalue weighted by atomic mass is 14.8. The molecular formula is C8H19N. The van der Waals surface area contributed by atoms with Crippen molar-refractivity contribution in [3.63, 3.8) is 0 Å². The molecule has 0 radical (unpaired) electrons. The van der Waals surface area contributed by atoms with E-state index in [1.165, 1.54) is 0 Å². The van der Waals surface area contributed by atoms with Crippen LogP contribution in [0.3, 0.4) is 0 Å². The molecule has 0 saturated carbocycles. The van der Waals surface area contributed by atoms with Crippen LogP contribution in [0, 0.1) is 11.3 Å². The summed E-state index contributed by atoms with van der Waals surface area (Å²) in [6.45, 7) is 10.2. The Morgan fingerprint density at radius 1 is 1.33 bits per heavy atom. The Labute approximate surface area is 58.8 Å². The lowest BCUT2D eigenvalue weighted by Gasteiger charge is -2.26. The van der Waals surface area contributed by atoms with Gasteiger partial charge in [0.2, 0.25) is 0 Å². The maximum absolute atomic E-state index is 3.17. The molecule has 1 heteroatoms. The van der Waals surface area contributed by atoms with Crippen LogP contribution in [0.15, 0.2) is 0 Å². The average Bonchev–Trinajstić information content (AvgIpc) is 1.64. The zero-order chi connectivity index (χ0) is 7.49. The van der Waals surface area contributed by atoms with Gasteiger partial charge >= 0.3 is 0 Å². The summed E-state index contributed by atoms with van der Waals surface area (Å²) in [7, 11) is 2.00. The van der Waals surface area contributed by atoms with Gasteiger partial charge in [0.1, 0.15) is 0 Å². The molecule has 0 aliphatic carbocycles. The highest BCUT2D eigenvalue weighted by Crippen LogP contribution is 2.23. The first kappa shape index (κ1) is 8.96. The Bertz CT molecular complexity index is 71.1. The third kappa shape index (κ3) is 3.52. The van der Waals surface area contributed by atoms with Gasteiger partial charge in [0.05, 0.1) is 0 Å². The van der Waals surface area contributed by atoms with Crippen LogP contribution in [-0.4, -0.2) is 13.6 Å². The Kier molecular flexibility index (Phi) is 3.20. The van der Waals surface area contributed by atoms with Crippen molar-refractivity contribution in [2.45, 2.75) is 27.7 Å². The van der Waals surface area contributed by atoms with E-state index < -0.39 is 0 Å². The summed E-state index contributed by atoms with van der Waals surface area (Å²) < 4.78 is 0. The van der Waals surface area contributed by atoms with E-state index in [2.05, 4.69) is 33.0 Å². The molecule has 0 unspecified atom stereocenters. The molecule has 0 aliphatic heterocycles. The summed E-state index contributed by atoms with van der Waals surface area (Å²) in [5.41, 5.74) is 0.447. The van der Waals surface area contributed by atoms with Crippen molar-refractivity contribution in [3.05, 3.63) is 0 Å². The van der Waals surface area contributed by atoms with Crippen molar-refractivity contribution < 1.29 is 0 Å². The van der Waals surface area contributed by atoms with Crippen LogP contribution in [-0.2, 0) is 0 Å². The van der Waals surface area contributed by atoms with Crippen LogP contribution < -0.4 is 5.32 Å². The second-order valence-electron chi connectivity index (χ2n) is 3.82. The molecule has 0 fully saturated rings. The molecule has 0 aromatic carbocycles. The predicted molar refractivity (Wildman–Crippen MR) is 42.5 cm³/mol. The van der Waals surface area contributed by atoms with Gasteiger partial charge in [-0.2, -0.15) is 0 Å². The van der Waals surface area contributed by atoms with Crippen LogP contribution >= 0.6 is 0 Å². The van der Waals surface area contributed by atoms with Crippen molar-refractivity contribution in [1.29, 1.82) is 0 Å². The minimum absolute atomic E-state index is 0.447. The monoisotopic (exact) mass is 129 g/mol. The van der Waals surface area contributed by atoms with E-state index in [9.17, 15) is 0 Å². The summed E-state index contributed by atoms with van der Waals surface area (Å²) in [5, 5.41) is 3.17. The van der Waals surface area contributed by atoms with Crippen molar-refractivity contribution >= 4 is 0 Å². The molecule has 0 bridgehead atoms. The maximum atomic E-state index is 3.17. The Morgan fingerprint density at radius 3 is 1.89 bits per heavy atom.